The minimum atomic E-state index is 0.132. The maximum Gasteiger partial charge on any atom is 0.101 e. The fourth-order valence-corrected chi connectivity index (χ4v) is 3.55. The fourth-order valence-electron chi connectivity index (χ4n) is 1.23. The van der Waals surface area contributed by atoms with Crippen molar-refractivity contribution < 1.29 is 0 Å². The van der Waals surface area contributed by atoms with E-state index in [4.69, 9.17) is 63.7 Å². The predicted molar refractivity (Wildman–Crippen MR) is 84.3 cm³/mol. The summed E-state index contributed by atoms with van der Waals surface area (Å²) in [6, 6.07) is 3.46. The Labute approximate surface area is 139 Å². The number of nitrogen functional groups attached to an aromatic ring is 1. The van der Waals surface area contributed by atoms with Gasteiger partial charge in [-0.05, 0) is 12.1 Å². The Kier molecular flexibility index (Phi) is 4.99. The van der Waals surface area contributed by atoms with Gasteiger partial charge in [0.15, 0.2) is 0 Å². The minimum absolute atomic E-state index is 0.132. The molecule has 1 aromatic heterocycles. The fraction of sp³-hybridized carbons (Fsp3) is 0. The molecule has 2 N–H and O–H groups in total. The van der Waals surface area contributed by atoms with Crippen molar-refractivity contribution in [1.29, 1.82) is 0 Å². The zero-order valence-corrected chi connectivity index (χ0v) is 13.7. The van der Waals surface area contributed by atoms with Gasteiger partial charge >= 0.3 is 0 Å². The third kappa shape index (κ3) is 3.18. The molecule has 100 valence electrons. The number of hydrogen-bond acceptors (Lipinski definition) is 3. The number of nitrogens with zero attached hydrogens (tertiary/aromatic N) is 1. The van der Waals surface area contributed by atoms with Crippen LogP contribution in [0.1, 0.15) is 0 Å². The monoisotopic (exact) mass is 372 g/mol. The molecule has 2 nitrogen and oxygen atoms in total. The molecule has 2 rings (SSSR count). The normalized spacial score (nSPS) is 10.8. The van der Waals surface area contributed by atoms with Gasteiger partial charge in [-0.15, -0.1) is 0 Å². The average molecular weight is 375 g/mol. The Bertz CT molecular complexity index is 601. The molecular weight excluding hydrogens is 369 g/mol. The summed E-state index contributed by atoms with van der Waals surface area (Å²) in [7, 11) is 0. The van der Waals surface area contributed by atoms with Crippen LogP contribution in [0.15, 0.2) is 28.3 Å². The lowest BCUT2D eigenvalue weighted by molar-refractivity contribution is 1.14. The second-order valence-corrected chi connectivity index (χ2v) is 6.35. The van der Waals surface area contributed by atoms with Gasteiger partial charge < -0.3 is 5.73 Å². The number of hydrogen-bond donors (Lipinski definition) is 1. The van der Waals surface area contributed by atoms with E-state index < -0.39 is 0 Å². The van der Waals surface area contributed by atoms with Gasteiger partial charge in [-0.2, -0.15) is 0 Å². The summed E-state index contributed by atoms with van der Waals surface area (Å²) in [5.41, 5.74) is 6.13. The zero-order valence-electron chi connectivity index (χ0n) is 9.05. The van der Waals surface area contributed by atoms with Gasteiger partial charge in [0.1, 0.15) is 5.03 Å². The van der Waals surface area contributed by atoms with Gasteiger partial charge in [0.05, 0.1) is 41.9 Å². The van der Waals surface area contributed by atoms with Crippen LogP contribution in [-0.2, 0) is 0 Å². The molecule has 0 radical (unpaired) electrons. The molecule has 0 atom stereocenters. The van der Waals surface area contributed by atoms with Gasteiger partial charge in [-0.1, -0.05) is 69.8 Å². The Balaban J connectivity index is 2.48. The zero-order chi connectivity index (χ0) is 14.2. The summed E-state index contributed by atoms with van der Waals surface area (Å²) < 4.78 is 0. The van der Waals surface area contributed by atoms with Crippen molar-refractivity contribution in [1.82, 2.24) is 4.98 Å². The van der Waals surface area contributed by atoms with Crippen LogP contribution in [0.3, 0.4) is 0 Å². The van der Waals surface area contributed by atoms with E-state index in [9.17, 15) is 0 Å². The summed E-state index contributed by atoms with van der Waals surface area (Å²) in [5, 5.41) is 1.60. The van der Waals surface area contributed by atoms with Crippen molar-refractivity contribution in [3.05, 3.63) is 43.4 Å². The lowest BCUT2D eigenvalue weighted by Crippen LogP contribution is -1.88. The van der Waals surface area contributed by atoms with Crippen molar-refractivity contribution in [3.63, 3.8) is 0 Å². The van der Waals surface area contributed by atoms with E-state index in [1.165, 1.54) is 18.0 Å². The maximum atomic E-state index is 6.12. The van der Waals surface area contributed by atoms with Crippen molar-refractivity contribution in [2.75, 3.05) is 5.73 Å². The number of pyridine rings is 1. The molecule has 19 heavy (non-hydrogen) atoms. The van der Waals surface area contributed by atoms with Crippen LogP contribution in [0, 0.1) is 0 Å². The molecule has 0 aliphatic heterocycles. The largest absolute Gasteiger partial charge is 0.397 e. The first-order valence-corrected chi connectivity index (χ1v) is 7.53. The third-order valence-electron chi connectivity index (χ3n) is 2.14. The number of aromatic nitrogens is 1. The molecule has 0 saturated heterocycles. The molecule has 0 fully saturated rings. The Morgan fingerprint density at radius 2 is 1.37 bits per heavy atom. The van der Waals surface area contributed by atoms with E-state index in [0.717, 1.165) is 0 Å². The van der Waals surface area contributed by atoms with Crippen molar-refractivity contribution in [2.45, 2.75) is 9.92 Å². The summed E-state index contributed by atoms with van der Waals surface area (Å²) in [6.07, 6.45) is 1.53. The summed E-state index contributed by atoms with van der Waals surface area (Å²) in [5.74, 6) is 0. The van der Waals surface area contributed by atoms with Gasteiger partial charge in [-0.25, -0.2) is 4.98 Å². The molecule has 0 aliphatic carbocycles. The number of anilines is 1. The van der Waals surface area contributed by atoms with Gasteiger partial charge in [-0.3, -0.25) is 0 Å². The third-order valence-corrected chi connectivity index (χ3v) is 5.70. The highest BCUT2D eigenvalue weighted by atomic mass is 35.5. The summed E-state index contributed by atoms with van der Waals surface area (Å²) in [4.78, 5) is 4.64. The quantitative estimate of drug-likeness (QED) is 0.511. The van der Waals surface area contributed by atoms with Crippen LogP contribution in [0.5, 0.6) is 0 Å². The minimum Gasteiger partial charge on any atom is -0.397 e. The van der Waals surface area contributed by atoms with Crippen molar-refractivity contribution in [3.8, 4) is 0 Å². The van der Waals surface area contributed by atoms with E-state index in [0.29, 0.717) is 15.6 Å². The first-order valence-electron chi connectivity index (χ1n) is 4.82. The topological polar surface area (TPSA) is 38.9 Å². The number of benzene rings is 1. The van der Waals surface area contributed by atoms with Crippen LogP contribution in [0.25, 0.3) is 0 Å². The van der Waals surface area contributed by atoms with Gasteiger partial charge in [0.2, 0.25) is 0 Å². The molecule has 1 heterocycles. The van der Waals surface area contributed by atoms with Gasteiger partial charge in [0.25, 0.3) is 0 Å². The van der Waals surface area contributed by atoms with E-state index in [1.807, 2.05) is 0 Å². The first-order chi connectivity index (χ1) is 8.91. The van der Waals surface area contributed by atoms with E-state index in [2.05, 4.69) is 4.98 Å². The number of rotatable bonds is 2. The van der Waals surface area contributed by atoms with Crippen molar-refractivity contribution >= 4 is 75.5 Å². The highest BCUT2D eigenvalue weighted by Gasteiger charge is 2.20. The SMILES string of the molecule is Nc1ccc(Sc2c(Cl)c(Cl)c(Cl)c(Cl)c2Cl)nc1. The van der Waals surface area contributed by atoms with E-state index in [-0.39, 0.29) is 25.1 Å². The summed E-state index contributed by atoms with van der Waals surface area (Å²) in [6.45, 7) is 0. The average Bonchev–Trinajstić information content (AvgIpc) is 2.41. The molecule has 0 amide bonds. The van der Waals surface area contributed by atoms with Crippen LogP contribution in [0.4, 0.5) is 5.69 Å². The molecule has 0 saturated carbocycles. The molecule has 0 aliphatic rings. The van der Waals surface area contributed by atoms with Crippen LogP contribution in [0.2, 0.25) is 25.1 Å². The molecular formula is C11H5Cl5N2S. The second kappa shape index (κ2) is 6.17. The molecule has 0 unspecified atom stereocenters. The highest BCUT2D eigenvalue weighted by molar-refractivity contribution is 7.99. The van der Waals surface area contributed by atoms with Crippen LogP contribution < -0.4 is 5.73 Å². The molecule has 1 aromatic carbocycles. The Hall–Kier alpha value is -0.0300. The number of nitrogens with two attached hydrogens (primary N) is 1. The maximum absolute atomic E-state index is 6.12. The standard InChI is InChI=1S/C11H5Cl5N2S/c12-6-7(13)9(15)11(10(16)8(6)14)19-5-2-1-4(17)3-18-5/h1-3H,17H2. The first kappa shape index (κ1) is 15.4. The molecule has 8 heteroatoms. The van der Waals surface area contributed by atoms with Crippen molar-refractivity contribution in [2.24, 2.45) is 0 Å². The lowest BCUT2D eigenvalue weighted by atomic mass is 10.3. The second-order valence-electron chi connectivity index (χ2n) is 3.43. The molecule has 0 bridgehead atoms. The molecule has 2 aromatic rings. The predicted octanol–water partition coefficient (Wildman–Crippen LogP) is 6.08. The van der Waals surface area contributed by atoms with E-state index >= 15 is 0 Å². The Morgan fingerprint density at radius 1 is 0.842 bits per heavy atom. The Morgan fingerprint density at radius 3 is 1.84 bits per heavy atom. The smallest absolute Gasteiger partial charge is 0.101 e. The number of halogens is 5. The summed E-state index contributed by atoms with van der Waals surface area (Å²) >= 11 is 31.4. The van der Waals surface area contributed by atoms with Crippen LogP contribution in [-0.4, -0.2) is 4.98 Å². The molecule has 0 spiro atoms. The van der Waals surface area contributed by atoms with E-state index in [1.54, 1.807) is 12.1 Å². The van der Waals surface area contributed by atoms with Gasteiger partial charge in [0, 0.05) is 0 Å². The lowest BCUT2D eigenvalue weighted by Gasteiger charge is -2.11. The van der Waals surface area contributed by atoms with Crippen LogP contribution >= 0.6 is 69.8 Å². The highest BCUT2D eigenvalue weighted by Crippen LogP contribution is 2.49.